The van der Waals surface area contributed by atoms with Crippen LogP contribution in [0, 0.1) is 3.57 Å². The van der Waals surface area contributed by atoms with Gasteiger partial charge in [0.15, 0.2) is 5.78 Å². The van der Waals surface area contributed by atoms with Gasteiger partial charge in [0.2, 0.25) is 0 Å². The zero-order chi connectivity index (χ0) is 23.7. The average Bonchev–Trinajstić information content (AvgIpc) is 2.84. The monoisotopic (exact) mass is 567 g/mol. The number of carbonyl (C=O) groups is 2. The minimum absolute atomic E-state index is 0.0306. The molecule has 0 saturated heterocycles. The first-order valence-corrected chi connectivity index (χ1v) is 13.3. The van der Waals surface area contributed by atoms with Crippen LogP contribution < -0.4 is 5.32 Å². The molecule has 34 heavy (non-hydrogen) atoms. The molecular weight excluding hydrogens is 537 g/mol. The lowest BCUT2D eigenvalue weighted by Crippen LogP contribution is -2.37. The van der Waals surface area contributed by atoms with Gasteiger partial charge in [-0.2, -0.15) is 0 Å². The number of halogens is 1. The number of dihydropyridines is 1. The van der Waals surface area contributed by atoms with Gasteiger partial charge in [-0.25, -0.2) is 4.79 Å². The highest BCUT2D eigenvalue weighted by molar-refractivity contribution is 14.1. The highest BCUT2D eigenvalue weighted by Crippen LogP contribution is 2.46. The second-order valence-electron chi connectivity index (χ2n) is 9.61. The standard InChI is InChI=1S/C29H30INO3/c1-18-26(29(33)34-21-12-6-3-7-13-21)27(22-14-8-9-15-23(22)30)28-24(31-18)16-20(17-25(28)32)19-10-4-2-5-11-19/h2,4-5,8-11,14-15,20-21,27,31H,3,6-7,12-13,16-17H2,1H3/t20-,27-/m0/s1. The number of hydrogen-bond donors (Lipinski definition) is 1. The molecule has 3 aliphatic rings. The Hall–Kier alpha value is -2.41. The molecular formula is C29H30INO3. The molecule has 5 rings (SSSR count). The second-order valence-corrected chi connectivity index (χ2v) is 10.8. The van der Waals surface area contributed by atoms with Crippen LogP contribution in [0.5, 0.6) is 0 Å². The van der Waals surface area contributed by atoms with Crippen molar-refractivity contribution in [2.45, 2.75) is 69.8 Å². The van der Waals surface area contributed by atoms with Crippen molar-refractivity contribution in [2.24, 2.45) is 0 Å². The summed E-state index contributed by atoms with van der Waals surface area (Å²) >= 11 is 2.31. The van der Waals surface area contributed by atoms with Crippen LogP contribution >= 0.6 is 22.6 Å². The fourth-order valence-electron chi connectivity index (χ4n) is 5.69. The molecule has 0 radical (unpaired) electrons. The number of Topliss-reactive ketones (excluding diaryl/α,β-unsaturated/α-hetero) is 1. The largest absolute Gasteiger partial charge is 0.459 e. The van der Waals surface area contributed by atoms with Crippen molar-refractivity contribution in [1.29, 1.82) is 0 Å². The first kappa shape index (κ1) is 23.3. The van der Waals surface area contributed by atoms with Crippen LogP contribution in [0.4, 0.5) is 0 Å². The summed E-state index contributed by atoms with van der Waals surface area (Å²) in [6.45, 7) is 1.95. The quantitative estimate of drug-likeness (QED) is 0.337. The van der Waals surface area contributed by atoms with E-state index in [1.165, 1.54) is 12.0 Å². The van der Waals surface area contributed by atoms with E-state index in [1.807, 2.05) is 49.4 Å². The molecule has 2 atom stereocenters. The maximum Gasteiger partial charge on any atom is 0.337 e. The van der Waals surface area contributed by atoms with Gasteiger partial charge in [0, 0.05) is 32.9 Å². The molecule has 1 heterocycles. The molecule has 1 fully saturated rings. The minimum atomic E-state index is -0.398. The molecule has 0 aromatic heterocycles. The van der Waals surface area contributed by atoms with Crippen LogP contribution in [0.1, 0.15) is 74.8 Å². The van der Waals surface area contributed by atoms with E-state index >= 15 is 0 Å². The Morgan fingerprint density at radius 1 is 0.971 bits per heavy atom. The minimum Gasteiger partial charge on any atom is -0.459 e. The lowest BCUT2D eigenvalue weighted by molar-refractivity contribution is -0.146. The number of benzene rings is 2. The number of ketones is 1. The molecule has 1 saturated carbocycles. The van der Waals surface area contributed by atoms with Crippen LogP contribution in [-0.2, 0) is 14.3 Å². The first-order valence-electron chi connectivity index (χ1n) is 12.3. The van der Waals surface area contributed by atoms with Crippen molar-refractivity contribution in [3.05, 3.63) is 91.8 Å². The number of rotatable bonds is 4. The highest BCUT2D eigenvalue weighted by Gasteiger charge is 2.42. The molecule has 0 amide bonds. The summed E-state index contributed by atoms with van der Waals surface area (Å²) < 4.78 is 7.07. The molecule has 1 aliphatic heterocycles. The summed E-state index contributed by atoms with van der Waals surface area (Å²) in [5, 5.41) is 3.47. The number of ether oxygens (including phenoxy) is 1. The van der Waals surface area contributed by atoms with E-state index in [0.717, 1.165) is 58.2 Å². The van der Waals surface area contributed by atoms with Crippen LogP contribution in [-0.4, -0.2) is 17.9 Å². The summed E-state index contributed by atoms with van der Waals surface area (Å²) in [5.41, 5.74) is 5.24. The van der Waals surface area contributed by atoms with Crippen LogP contribution in [0.15, 0.2) is 77.1 Å². The Bertz CT molecular complexity index is 1160. The Labute approximate surface area is 215 Å². The molecule has 1 N–H and O–H groups in total. The predicted octanol–water partition coefficient (Wildman–Crippen LogP) is 6.53. The van der Waals surface area contributed by atoms with Crippen molar-refractivity contribution in [3.63, 3.8) is 0 Å². The van der Waals surface area contributed by atoms with Crippen molar-refractivity contribution >= 4 is 34.3 Å². The van der Waals surface area contributed by atoms with Crippen molar-refractivity contribution in [2.75, 3.05) is 0 Å². The summed E-state index contributed by atoms with van der Waals surface area (Å²) in [6.07, 6.45) is 6.43. The number of hydrogen-bond acceptors (Lipinski definition) is 4. The summed E-state index contributed by atoms with van der Waals surface area (Å²) in [7, 11) is 0. The molecule has 0 bridgehead atoms. The van der Waals surface area contributed by atoms with E-state index in [9.17, 15) is 9.59 Å². The van der Waals surface area contributed by atoms with Gasteiger partial charge in [0.1, 0.15) is 6.10 Å². The van der Waals surface area contributed by atoms with E-state index < -0.39 is 5.92 Å². The van der Waals surface area contributed by atoms with Gasteiger partial charge in [-0.15, -0.1) is 0 Å². The first-order chi connectivity index (χ1) is 16.5. The number of allylic oxidation sites excluding steroid dienone is 3. The molecule has 176 valence electrons. The number of carbonyl (C=O) groups excluding carboxylic acids is 2. The normalized spacial score (nSPS) is 23.4. The third kappa shape index (κ3) is 4.59. The van der Waals surface area contributed by atoms with E-state index in [1.54, 1.807) is 0 Å². The van der Waals surface area contributed by atoms with Crippen molar-refractivity contribution in [1.82, 2.24) is 5.32 Å². The van der Waals surface area contributed by atoms with Gasteiger partial charge in [-0.05, 0) is 84.7 Å². The Balaban J connectivity index is 1.54. The van der Waals surface area contributed by atoms with Crippen LogP contribution in [0.3, 0.4) is 0 Å². The fourth-order valence-corrected chi connectivity index (χ4v) is 6.39. The van der Waals surface area contributed by atoms with Gasteiger partial charge < -0.3 is 10.1 Å². The fraction of sp³-hybridized carbons (Fsp3) is 0.379. The lowest BCUT2D eigenvalue weighted by atomic mass is 9.71. The van der Waals surface area contributed by atoms with Crippen LogP contribution in [0.25, 0.3) is 0 Å². The Morgan fingerprint density at radius 3 is 2.41 bits per heavy atom. The van der Waals surface area contributed by atoms with Gasteiger partial charge in [-0.3, -0.25) is 4.79 Å². The van der Waals surface area contributed by atoms with Crippen LogP contribution in [0.2, 0.25) is 0 Å². The molecule has 0 spiro atoms. The van der Waals surface area contributed by atoms with Gasteiger partial charge in [0.05, 0.1) is 5.57 Å². The molecule has 2 aromatic carbocycles. The third-order valence-corrected chi connectivity index (χ3v) is 8.34. The topological polar surface area (TPSA) is 55.4 Å². The lowest BCUT2D eigenvalue weighted by Gasteiger charge is -2.37. The Morgan fingerprint density at radius 2 is 1.68 bits per heavy atom. The van der Waals surface area contributed by atoms with Gasteiger partial charge in [0.25, 0.3) is 0 Å². The number of esters is 1. The molecule has 2 aromatic rings. The summed E-state index contributed by atoms with van der Waals surface area (Å²) in [4.78, 5) is 27.3. The maximum absolute atomic E-state index is 13.7. The summed E-state index contributed by atoms with van der Waals surface area (Å²) in [6, 6.07) is 18.3. The Kier molecular flexibility index (Phi) is 6.91. The zero-order valence-corrected chi connectivity index (χ0v) is 21.6. The van der Waals surface area contributed by atoms with E-state index in [0.29, 0.717) is 12.0 Å². The predicted molar refractivity (Wildman–Crippen MR) is 141 cm³/mol. The van der Waals surface area contributed by atoms with E-state index in [4.69, 9.17) is 4.74 Å². The smallest absolute Gasteiger partial charge is 0.337 e. The zero-order valence-electron chi connectivity index (χ0n) is 19.5. The van der Waals surface area contributed by atoms with E-state index in [2.05, 4.69) is 40.0 Å². The van der Waals surface area contributed by atoms with Crippen molar-refractivity contribution in [3.8, 4) is 0 Å². The van der Waals surface area contributed by atoms with Gasteiger partial charge >= 0.3 is 5.97 Å². The summed E-state index contributed by atoms with van der Waals surface area (Å²) in [5.74, 6) is -0.433. The highest BCUT2D eigenvalue weighted by atomic mass is 127. The molecule has 2 aliphatic carbocycles. The van der Waals surface area contributed by atoms with E-state index in [-0.39, 0.29) is 23.8 Å². The van der Waals surface area contributed by atoms with Gasteiger partial charge in [-0.1, -0.05) is 55.0 Å². The second kappa shape index (κ2) is 10.1. The molecule has 4 nitrogen and oxygen atoms in total. The average molecular weight is 567 g/mol. The third-order valence-electron chi connectivity index (χ3n) is 7.36. The maximum atomic E-state index is 13.7. The number of nitrogens with one attached hydrogen (secondary N) is 1. The SMILES string of the molecule is CC1=C(C(=O)OC2CCCCC2)[C@H](c2ccccc2I)C2=C(C[C@H](c3ccccc3)CC2=O)N1. The molecule has 0 unspecified atom stereocenters. The molecule has 5 heteroatoms. The van der Waals surface area contributed by atoms with Crippen molar-refractivity contribution < 1.29 is 14.3 Å².